The smallest absolute Gasteiger partial charge is 0.416 e. The summed E-state index contributed by atoms with van der Waals surface area (Å²) in [6.45, 7) is 2.30. The Morgan fingerprint density at radius 1 is 1.06 bits per heavy atom. The van der Waals surface area contributed by atoms with Crippen molar-refractivity contribution in [3.05, 3.63) is 89.0 Å². The number of ether oxygens (including phenoxy) is 1. The molecule has 0 saturated heterocycles. The van der Waals surface area contributed by atoms with Gasteiger partial charge in [0, 0.05) is 5.69 Å². The zero-order valence-corrected chi connectivity index (χ0v) is 17.1. The molecule has 32 heavy (non-hydrogen) atoms. The molecule has 0 fully saturated rings. The number of amides is 2. The van der Waals surface area contributed by atoms with Crippen molar-refractivity contribution >= 4 is 23.2 Å². The third-order valence-electron chi connectivity index (χ3n) is 5.10. The van der Waals surface area contributed by atoms with Crippen molar-refractivity contribution in [2.45, 2.75) is 19.6 Å². The van der Waals surface area contributed by atoms with Crippen molar-refractivity contribution in [1.29, 1.82) is 0 Å². The largest absolute Gasteiger partial charge is 0.493 e. The Balaban J connectivity index is 1.64. The van der Waals surface area contributed by atoms with Crippen molar-refractivity contribution in [2.24, 2.45) is 0 Å². The van der Waals surface area contributed by atoms with Crippen molar-refractivity contribution < 1.29 is 27.5 Å². The van der Waals surface area contributed by atoms with Crippen LogP contribution in [0.1, 0.15) is 38.8 Å². The predicted octanol–water partition coefficient (Wildman–Crippen LogP) is 5.52. The number of alkyl halides is 3. The van der Waals surface area contributed by atoms with E-state index in [1.807, 2.05) is 0 Å². The van der Waals surface area contributed by atoms with Gasteiger partial charge in [-0.15, -0.1) is 0 Å². The third-order valence-corrected chi connectivity index (χ3v) is 5.10. The minimum absolute atomic E-state index is 0.106. The van der Waals surface area contributed by atoms with Crippen LogP contribution in [0.3, 0.4) is 0 Å². The number of carbonyl (C=O) groups excluding carboxylic acids is 2. The summed E-state index contributed by atoms with van der Waals surface area (Å²) in [5.41, 5.74) is 0.778. The monoisotopic (exact) mass is 440 g/mol. The molecule has 1 aliphatic heterocycles. The zero-order chi connectivity index (χ0) is 22.9. The summed E-state index contributed by atoms with van der Waals surface area (Å²) in [5, 5.41) is 2.75. The number of halogens is 3. The maximum absolute atomic E-state index is 13.1. The second-order valence-electron chi connectivity index (χ2n) is 7.16. The molecule has 164 valence electrons. The summed E-state index contributed by atoms with van der Waals surface area (Å²) in [6, 6.07) is 16.3. The van der Waals surface area contributed by atoms with E-state index in [4.69, 9.17) is 4.74 Å². The molecule has 0 unspecified atom stereocenters. The van der Waals surface area contributed by atoms with E-state index in [-0.39, 0.29) is 17.8 Å². The Hall–Kier alpha value is -3.81. The van der Waals surface area contributed by atoms with Crippen LogP contribution >= 0.6 is 0 Å². The number of hydrogen-bond donors (Lipinski definition) is 1. The van der Waals surface area contributed by atoms with Crippen LogP contribution < -0.4 is 15.0 Å². The second kappa shape index (κ2) is 8.37. The first kappa shape index (κ1) is 21.4. The number of fused-ring (bicyclic) bond motifs is 1. The van der Waals surface area contributed by atoms with Crippen LogP contribution in [0, 0.1) is 0 Å². The summed E-state index contributed by atoms with van der Waals surface area (Å²) in [5.74, 6) is -0.516. The van der Waals surface area contributed by atoms with E-state index in [2.05, 4.69) is 5.32 Å². The Labute approximate surface area is 182 Å². The molecule has 3 aromatic carbocycles. The fourth-order valence-corrected chi connectivity index (χ4v) is 3.65. The molecule has 0 aromatic heterocycles. The number of carbonyl (C=O) groups is 2. The minimum atomic E-state index is -4.52. The van der Waals surface area contributed by atoms with E-state index in [9.17, 15) is 22.8 Å². The van der Waals surface area contributed by atoms with Gasteiger partial charge in [-0.1, -0.05) is 30.3 Å². The normalized spacial score (nSPS) is 13.1. The van der Waals surface area contributed by atoms with Crippen molar-refractivity contribution in [1.82, 2.24) is 0 Å². The maximum atomic E-state index is 13.1. The predicted molar refractivity (Wildman–Crippen MR) is 114 cm³/mol. The molecule has 8 heteroatoms. The quantitative estimate of drug-likeness (QED) is 0.569. The number of para-hydroxylation sites is 1. The highest BCUT2D eigenvalue weighted by Gasteiger charge is 2.34. The molecule has 0 radical (unpaired) electrons. The van der Waals surface area contributed by atoms with Gasteiger partial charge in [0.1, 0.15) is 5.75 Å². The molecule has 1 N–H and O–H groups in total. The van der Waals surface area contributed by atoms with E-state index < -0.39 is 23.6 Å². The van der Waals surface area contributed by atoms with Crippen LogP contribution in [0.2, 0.25) is 0 Å². The highest BCUT2D eigenvalue weighted by atomic mass is 19.4. The van der Waals surface area contributed by atoms with E-state index in [1.54, 1.807) is 49.4 Å². The fourth-order valence-electron chi connectivity index (χ4n) is 3.65. The summed E-state index contributed by atoms with van der Waals surface area (Å²) >= 11 is 0. The third kappa shape index (κ3) is 4.03. The number of nitrogens with one attached hydrogen (secondary N) is 1. The Kier molecular flexibility index (Phi) is 5.61. The molecule has 0 spiro atoms. The van der Waals surface area contributed by atoms with Gasteiger partial charge in [-0.25, -0.2) is 0 Å². The maximum Gasteiger partial charge on any atom is 0.416 e. The standard InChI is InChI=1S/C24H19F3N2O3/c1-2-32-20-12-4-3-10-18(20)22(30)28-19-11-5-7-15-14-29(23(31)21(15)19)17-9-6-8-16(13-17)24(25,26)27/h3-13H,2,14H2,1H3,(H,28,30). The van der Waals surface area contributed by atoms with Crippen LogP contribution in [0.25, 0.3) is 0 Å². The average Bonchev–Trinajstić information content (AvgIpc) is 3.11. The average molecular weight is 440 g/mol. The number of nitrogens with zero attached hydrogens (tertiary/aromatic N) is 1. The van der Waals surface area contributed by atoms with Gasteiger partial charge in [-0.2, -0.15) is 13.2 Å². The van der Waals surface area contributed by atoms with Crippen LogP contribution in [-0.4, -0.2) is 18.4 Å². The molecule has 0 bridgehead atoms. The number of rotatable bonds is 5. The van der Waals surface area contributed by atoms with Crippen LogP contribution in [-0.2, 0) is 12.7 Å². The Bertz CT molecular complexity index is 1190. The molecule has 0 atom stereocenters. The summed E-state index contributed by atoms with van der Waals surface area (Å²) in [7, 11) is 0. The van der Waals surface area contributed by atoms with E-state index in [0.29, 0.717) is 29.2 Å². The summed E-state index contributed by atoms with van der Waals surface area (Å²) < 4.78 is 44.8. The zero-order valence-electron chi connectivity index (χ0n) is 17.1. The van der Waals surface area contributed by atoms with Crippen LogP contribution in [0.5, 0.6) is 5.75 Å². The molecule has 3 aromatic rings. The van der Waals surface area contributed by atoms with Crippen molar-refractivity contribution in [2.75, 3.05) is 16.8 Å². The lowest BCUT2D eigenvalue weighted by molar-refractivity contribution is -0.137. The van der Waals surface area contributed by atoms with Gasteiger partial charge in [0.05, 0.1) is 35.5 Å². The van der Waals surface area contributed by atoms with Gasteiger partial charge >= 0.3 is 6.18 Å². The van der Waals surface area contributed by atoms with Gasteiger partial charge in [0.15, 0.2) is 0 Å². The first-order valence-corrected chi connectivity index (χ1v) is 9.93. The number of anilines is 2. The Morgan fingerprint density at radius 3 is 2.56 bits per heavy atom. The molecule has 5 nitrogen and oxygen atoms in total. The highest BCUT2D eigenvalue weighted by Crippen LogP contribution is 2.36. The summed E-state index contributed by atoms with van der Waals surface area (Å²) in [6.07, 6.45) is -4.52. The first-order valence-electron chi connectivity index (χ1n) is 9.93. The van der Waals surface area contributed by atoms with Gasteiger partial charge < -0.3 is 15.0 Å². The van der Waals surface area contributed by atoms with Gasteiger partial charge in [0.25, 0.3) is 11.8 Å². The van der Waals surface area contributed by atoms with E-state index >= 15 is 0 Å². The second-order valence-corrected chi connectivity index (χ2v) is 7.16. The number of hydrogen-bond acceptors (Lipinski definition) is 3. The molecular formula is C24H19F3N2O3. The number of benzene rings is 3. The first-order chi connectivity index (χ1) is 15.3. The van der Waals surface area contributed by atoms with Crippen LogP contribution in [0.4, 0.5) is 24.5 Å². The molecule has 1 heterocycles. The highest BCUT2D eigenvalue weighted by molar-refractivity contribution is 6.16. The summed E-state index contributed by atoms with van der Waals surface area (Å²) in [4.78, 5) is 27.3. The van der Waals surface area contributed by atoms with Gasteiger partial charge in [-0.05, 0) is 48.9 Å². The fraction of sp³-hybridized carbons (Fsp3) is 0.167. The lowest BCUT2D eigenvalue weighted by Gasteiger charge is -2.18. The lowest BCUT2D eigenvalue weighted by Crippen LogP contribution is -2.24. The molecule has 0 aliphatic carbocycles. The van der Waals surface area contributed by atoms with Crippen LogP contribution in [0.15, 0.2) is 66.7 Å². The molecule has 4 rings (SSSR count). The van der Waals surface area contributed by atoms with Gasteiger partial charge in [0.2, 0.25) is 0 Å². The van der Waals surface area contributed by atoms with Crippen molar-refractivity contribution in [3.63, 3.8) is 0 Å². The van der Waals surface area contributed by atoms with Gasteiger partial charge in [-0.3, -0.25) is 9.59 Å². The molecule has 0 saturated carbocycles. The Morgan fingerprint density at radius 2 is 1.81 bits per heavy atom. The van der Waals surface area contributed by atoms with E-state index in [0.717, 1.165) is 12.1 Å². The SMILES string of the molecule is CCOc1ccccc1C(=O)Nc1cccc2c1C(=O)N(c1cccc(C(F)(F)F)c1)C2. The lowest BCUT2D eigenvalue weighted by atomic mass is 10.1. The minimum Gasteiger partial charge on any atom is -0.493 e. The van der Waals surface area contributed by atoms with Crippen molar-refractivity contribution in [3.8, 4) is 5.75 Å². The molecular weight excluding hydrogens is 421 g/mol. The molecule has 2 amide bonds. The molecule has 1 aliphatic rings. The van der Waals surface area contributed by atoms with E-state index in [1.165, 1.54) is 17.0 Å². The topological polar surface area (TPSA) is 58.6 Å².